The van der Waals surface area contributed by atoms with Crippen molar-refractivity contribution in [2.24, 2.45) is 0 Å². The van der Waals surface area contributed by atoms with Crippen LogP contribution in [0.2, 0.25) is 5.15 Å². The maximum absolute atomic E-state index is 13.9. The van der Waals surface area contributed by atoms with Gasteiger partial charge >= 0.3 is 0 Å². The van der Waals surface area contributed by atoms with Gasteiger partial charge in [-0.05, 0) is 0 Å². The molecule has 1 fully saturated rings. The maximum Gasteiger partial charge on any atom is 0.164 e. The van der Waals surface area contributed by atoms with Crippen LogP contribution in [-0.2, 0) is 4.74 Å². The number of aliphatic hydroxyl groups is 3. The first-order valence-corrected chi connectivity index (χ1v) is 6.21. The number of aliphatic hydroxyl groups excluding tert-OH is 3. The van der Waals surface area contributed by atoms with Gasteiger partial charge in [-0.25, -0.2) is 14.4 Å². The van der Waals surface area contributed by atoms with Crippen molar-refractivity contribution in [3.63, 3.8) is 0 Å². The van der Waals surface area contributed by atoms with Crippen LogP contribution in [0.25, 0.3) is 11.0 Å². The molecule has 2 aromatic heterocycles. The highest BCUT2D eigenvalue weighted by Crippen LogP contribution is 2.34. The zero-order chi connectivity index (χ0) is 14.4. The number of halogens is 2. The highest BCUT2D eigenvalue weighted by atomic mass is 35.5. The normalized spacial score (nSPS) is 30.2. The topological polar surface area (TPSA) is 101 Å². The van der Waals surface area contributed by atoms with Crippen molar-refractivity contribution in [3.8, 4) is 0 Å². The molecule has 0 saturated carbocycles. The lowest BCUT2D eigenvalue weighted by atomic mass is 10.1. The lowest BCUT2D eigenvalue weighted by Gasteiger charge is -2.16. The summed E-state index contributed by atoms with van der Waals surface area (Å²) < 4.78 is 20.4. The van der Waals surface area contributed by atoms with Crippen molar-refractivity contribution < 1.29 is 24.4 Å². The first kappa shape index (κ1) is 13.7. The van der Waals surface area contributed by atoms with Crippen LogP contribution in [0.3, 0.4) is 0 Å². The molecule has 0 radical (unpaired) electrons. The van der Waals surface area contributed by atoms with Gasteiger partial charge in [0.05, 0.1) is 12.0 Å². The Kier molecular flexibility index (Phi) is 3.35. The van der Waals surface area contributed by atoms with Crippen molar-refractivity contribution >= 4 is 22.6 Å². The number of ether oxygens (including phenoxy) is 1. The Labute approximate surface area is 117 Å². The number of hydrogen-bond acceptors (Lipinski definition) is 6. The van der Waals surface area contributed by atoms with E-state index in [1.165, 1.54) is 4.57 Å². The van der Waals surface area contributed by atoms with Gasteiger partial charge in [-0.15, -0.1) is 0 Å². The maximum atomic E-state index is 13.9. The quantitative estimate of drug-likeness (QED) is 0.666. The molecule has 1 aliphatic heterocycles. The number of hydrogen-bond donors (Lipinski definition) is 3. The highest BCUT2D eigenvalue weighted by Gasteiger charge is 2.44. The zero-order valence-electron chi connectivity index (χ0n) is 10.0. The molecule has 1 saturated heterocycles. The molecular weight excluding hydrogens is 293 g/mol. The van der Waals surface area contributed by atoms with Crippen molar-refractivity contribution in [2.45, 2.75) is 24.5 Å². The predicted molar refractivity (Wildman–Crippen MR) is 65.5 cm³/mol. The van der Waals surface area contributed by atoms with Gasteiger partial charge in [-0.2, -0.15) is 0 Å². The summed E-state index contributed by atoms with van der Waals surface area (Å²) in [6, 6.07) is 0. The fourth-order valence-corrected chi connectivity index (χ4v) is 2.53. The molecule has 3 N–H and O–H groups in total. The van der Waals surface area contributed by atoms with Crippen LogP contribution in [0.1, 0.15) is 6.23 Å². The molecule has 7 nitrogen and oxygen atoms in total. The summed E-state index contributed by atoms with van der Waals surface area (Å²) in [6.07, 6.45) is -2.40. The minimum absolute atomic E-state index is 0.00639. The number of rotatable bonds is 2. The van der Waals surface area contributed by atoms with Crippen molar-refractivity contribution in [1.82, 2.24) is 14.5 Å². The first-order chi connectivity index (χ1) is 9.54. The molecule has 1 aliphatic rings. The molecule has 3 heterocycles. The second kappa shape index (κ2) is 4.90. The average molecular weight is 304 g/mol. The summed E-state index contributed by atoms with van der Waals surface area (Å²) in [6.45, 7) is -0.466. The first-order valence-electron chi connectivity index (χ1n) is 5.83. The summed E-state index contributed by atoms with van der Waals surface area (Å²) in [4.78, 5) is 7.59. The van der Waals surface area contributed by atoms with E-state index >= 15 is 0 Å². The van der Waals surface area contributed by atoms with Gasteiger partial charge in [-0.1, -0.05) is 11.6 Å². The molecule has 1 unspecified atom stereocenters. The van der Waals surface area contributed by atoms with Crippen LogP contribution < -0.4 is 0 Å². The second-order valence-electron chi connectivity index (χ2n) is 4.48. The number of aromatic nitrogens is 3. The van der Waals surface area contributed by atoms with Gasteiger partial charge in [0.1, 0.15) is 35.4 Å². The molecule has 4 atom stereocenters. The van der Waals surface area contributed by atoms with E-state index in [1.807, 2.05) is 0 Å². The van der Waals surface area contributed by atoms with E-state index in [9.17, 15) is 14.6 Å². The van der Waals surface area contributed by atoms with Crippen LogP contribution in [0, 0.1) is 5.82 Å². The molecule has 3 rings (SSSR count). The summed E-state index contributed by atoms with van der Waals surface area (Å²) in [5.41, 5.74) is 0.136. The van der Waals surface area contributed by atoms with Crippen LogP contribution in [0.4, 0.5) is 4.39 Å². The Morgan fingerprint density at radius 2 is 2.10 bits per heavy atom. The monoisotopic (exact) mass is 303 g/mol. The van der Waals surface area contributed by atoms with Crippen molar-refractivity contribution in [1.29, 1.82) is 0 Å². The largest absolute Gasteiger partial charge is 0.394 e. The average Bonchev–Trinajstić information content (AvgIpc) is 2.90. The fraction of sp³-hybridized carbons (Fsp3) is 0.455. The van der Waals surface area contributed by atoms with Crippen LogP contribution in [0.15, 0.2) is 12.5 Å². The molecule has 0 aromatic carbocycles. The van der Waals surface area contributed by atoms with E-state index in [4.69, 9.17) is 21.4 Å². The Bertz CT molecular complexity index is 652. The van der Waals surface area contributed by atoms with E-state index in [0.717, 1.165) is 12.5 Å². The summed E-state index contributed by atoms with van der Waals surface area (Å²) in [7, 11) is 0. The predicted octanol–water partition coefficient (Wildman–Crippen LogP) is -0.165. The zero-order valence-corrected chi connectivity index (χ0v) is 10.8. The minimum atomic E-state index is -1.32. The number of nitrogens with zero attached hydrogens (tertiary/aromatic N) is 3. The lowest BCUT2D eigenvalue weighted by Crippen LogP contribution is -2.33. The van der Waals surface area contributed by atoms with E-state index in [2.05, 4.69) is 9.97 Å². The third-order valence-electron chi connectivity index (χ3n) is 3.31. The Balaban J connectivity index is 2.10. The molecule has 0 amide bonds. The Hall–Kier alpha value is -1.32. The third kappa shape index (κ3) is 1.88. The SMILES string of the molecule is OC[C@H]1O[C@@H](n2cc(F)c3c(Cl)ncnc32)[C@@H](O)C1O. The van der Waals surface area contributed by atoms with Crippen molar-refractivity contribution in [3.05, 3.63) is 23.5 Å². The highest BCUT2D eigenvalue weighted by molar-refractivity contribution is 6.33. The summed E-state index contributed by atoms with van der Waals surface area (Å²) in [5, 5.41) is 28.7. The minimum Gasteiger partial charge on any atom is -0.394 e. The summed E-state index contributed by atoms with van der Waals surface area (Å²) >= 11 is 5.81. The smallest absolute Gasteiger partial charge is 0.164 e. The molecular formula is C11H11ClFN3O4. The van der Waals surface area contributed by atoms with Crippen molar-refractivity contribution in [2.75, 3.05) is 6.61 Å². The van der Waals surface area contributed by atoms with Crippen LogP contribution in [-0.4, -0.2) is 54.8 Å². The lowest BCUT2D eigenvalue weighted by molar-refractivity contribution is -0.0510. The van der Waals surface area contributed by atoms with Gasteiger partial charge < -0.3 is 24.6 Å². The standard InChI is InChI=1S/C11H11ClFN3O4/c12-9-6-4(13)1-16(10(6)15-3-14-9)11-8(19)7(18)5(2-17)20-11/h1,3,5,7-8,11,17-19H,2H2/t5-,7?,8+,11-/m1/s1. The Morgan fingerprint density at radius 1 is 1.35 bits per heavy atom. The van der Waals surface area contributed by atoms with Gasteiger partial charge in [0.15, 0.2) is 12.0 Å². The number of fused-ring (bicyclic) bond motifs is 1. The molecule has 0 spiro atoms. The van der Waals surface area contributed by atoms with Crippen LogP contribution >= 0.6 is 11.6 Å². The molecule has 0 bridgehead atoms. The Morgan fingerprint density at radius 3 is 2.75 bits per heavy atom. The summed E-state index contributed by atoms with van der Waals surface area (Å²) in [5.74, 6) is -0.664. The second-order valence-corrected chi connectivity index (χ2v) is 4.83. The van der Waals surface area contributed by atoms with Crippen LogP contribution in [0.5, 0.6) is 0 Å². The molecule has 2 aromatic rings. The van der Waals surface area contributed by atoms with Gasteiger partial charge in [0.2, 0.25) is 0 Å². The van der Waals surface area contributed by atoms with E-state index in [1.54, 1.807) is 0 Å². The molecule has 9 heteroatoms. The molecule has 0 aliphatic carbocycles. The fourth-order valence-electron chi connectivity index (χ4n) is 2.31. The van der Waals surface area contributed by atoms with E-state index in [-0.39, 0.29) is 16.2 Å². The van der Waals surface area contributed by atoms with E-state index in [0.29, 0.717) is 0 Å². The van der Waals surface area contributed by atoms with E-state index < -0.39 is 37.0 Å². The molecule has 20 heavy (non-hydrogen) atoms. The molecule has 108 valence electrons. The van der Waals surface area contributed by atoms with Gasteiger partial charge in [0, 0.05) is 6.20 Å². The van der Waals surface area contributed by atoms with Gasteiger partial charge in [0.25, 0.3) is 0 Å². The third-order valence-corrected chi connectivity index (χ3v) is 3.59. The van der Waals surface area contributed by atoms with Gasteiger partial charge in [-0.3, -0.25) is 0 Å².